The fraction of sp³-hybridized carbons (Fsp3) is 0.143. The molecule has 120 valence electrons. The predicted molar refractivity (Wildman–Crippen MR) is 97.4 cm³/mol. The van der Waals surface area contributed by atoms with E-state index in [1.54, 1.807) is 11.9 Å². The fourth-order valence-electron chi connectivity index (χ4n) is 2.69. The highest BCUT2D eigenvalue weighted by atomic mass is 16.2. The third-order valence-electron chi connectivity index (χ3n) is 4.15. The second-order valence-electron chi connectivity index (χ2n) is 5.77. The van der Waals surface area contributed by atoms with E-state index in [-0.39, 0.29) is 24.5 Å². The average molecular weight is 317 g/mol. The highest BCUT2D eigenvalue weighted by Crippen LogP contribution is 2.18. The monoisotopic (exact) mass is 317 g/mol. The van der Waals surface area contributed by atoms with Crippen molar-refractivity contribution in [2.75, 3.05) is 11.9 Å². The van der Waals surface area contributed by atoms with Crippen molar-refractivity contribution in [3.8, 4) is 0 Å². The number of fused-ring (bicyclic) bond motifs is 1. The molecule has 0 bridgehead atoms. The van der Waals surface area contributed by atoms with E-state index in [0.29, 0.717) is 5.56 Å². The van der Waals surface area contributed by atoms with Gasteiger partial charge in [0.1, 0.15) is 0 Å². The second kappa shape index (κ2) is 7.09. The van der Waals surface area contributed by atoms with Gasteiger partial charge in [0.2, 0.25) is 5.91 Å². The lowest BCUT2D eigenvalue weighted by atomic mass is 10.0. The Kier molecular flexibility index (Phi) is 4.71. The normalized spacial score (nSPS) is 10.5. The van der Waals surface area contributed by atoms with Crippen LogP contribution in [0.4, 0.5) is 5.69 Å². The predicted octanol–water partition coefficient (Wildman–Crippen LogP) is 4.47. The Labute approximate surface area is 141 Å². The van der Waals surface area contributed by atoms with Gasteiger partial charge in [-0.15, -0.1) is 0 Å². The van der Waals surface area contributed by atoms with E-state index < -0.39 is 0 Å². The number of para-hydroxylation sites is 1. The minimum absolute atomic E-state index is 0.00411. The van der Waals surface area contributed by atoms with Crippen molar-refractivity contribution in [1.29, 1.82) is 0 Å². The van der Waals surface area contributed by atoms with Crippen LogP contribution >= 0.6 is 0 Å². The van der Waals surface area contributed by atoms with Crippen molar-refractivity contribution in [1.82, 2.24) is 0 Å². The van der Waals surface area contributed by atoms with Gasteiger partial charge in [0.25, 0.3) is 0 Å². The molecule has 3 aromatic rings. The minimum Gasteiger partial charge on any atom is -0.315 e. The first-order valence-electron chi connectivity index (χ1n) is 7.99. The zero-order chi connectivity index (χ0) is 16.9. The van der Waals surface area contributed by atoms with Gasteiger partial charge in [0.05, 0.1) is 0 Å². The molecule has 0 aromatic heterocycles. The first-order chi connectivity index (χ1) is 11.6. The standard InChI is InChI=1S/C21H19NO2/c1-22(19-9-3-2-4-10-19)21(24)14-13-20(23)18-12-11-16-7-5-6-8-17(16)15-18/h2-12,15H,13-14H2,1H3. The molecule has 0 aliphatic carbocycles. The van der Waals surface area contributed by atoms with Gasteiger partial charge in [-0.25, -0.2) is 0 Å². The molecule has 3 heteroatoms. The maximum atomic E-state index is 12.4. The number of nitrogens with zero attached hydrogens (tertiary/aromatic N) is 1. The number of anilines is 1. The summed E-state index contributed by atoms with van der Waals surface area (Å²) in [6, 6.07) is 23.0. The largest absolute Gasteiger partial charge is 0.315 e. The molecular weight excluding hydrogens is 298 g/mol. The summed E-state index contributed by atoms with van der Waals surface area (Å²) >= 11 is 0. The summed E-state index contributed by atoms with van der Waals surface area (Å²) in [6.45, 7) is 0. The summed E-state index contributed by atoms with van der Waals surface area (Å²) in [6.07, 6.45) is 0.422. The molecule has 3 aromatic carbocycles. The Morgan fingerprint density at radius 3 is 2.21 bits per heavy atom. The van der Waals surface area contributed by atoms with Crippen LogP contribution in [0, 0.1) is 0 Å². The summed E-state index contributed by atoms with van der Waals surface area (Å²) in [5.41, 5.74) is 1.49. The van der Waals surface area contributed by atoms with Crippen LogP contribution in [0.5, 0.6) is 0 Å². The number of carbonyl (C=O) groups excluding carboxylic acids is 2. The molecule has 0 spiro atoms. The number of ketones is 1. The van der Waals surface area contributed by atoms with E-state index in [2.05, 4.69) is 0 Å². The Balaban J connectivity index is 1.65. The quantitative estimate of drug-likeness (QED) is 0.651. The molecule has 0 aliphatic rings. The van der Waals surface area contributed by atoms with Crippen LogP contribution in [0.2, 0.25) is 0 Å². The molecule has 0 unspecified atom stereocenters. The van der Waals surface area contributed by atoms with E-state index in [9.17, 15) is 9.59 Å². The van der Waals surface area contributed by atoms with Gasteiger partial charge in [0.15, 0.2) is 5.78 Å². The summed E-state index contributed by atoms with van der Waals surface area (Å²) in [4.78, 5) is 26.2. The summed E-state index contributed by atoms with van der Waals surface area (Å²) in [7, 11) is 1.73. The molecule has 1 amide bonds. The number of carbonyl (C=O) groups is 2. The Bertz CT molecular complexity index is 871. The fourth-order valence-corrected chi connectivity index (χ4v) is 2.69. The Morgan fingerprint density at radius 2 is 1.46 bits per heavy atom. The maximum Gasteiger partial charge on any atom is 0.227 e. The molecular formula is C21H19NO2. The van der Waals surface area contributed by atoms with Crippen molar-refractivity contribution in [2.45, 2.75) is 12.8 Å². The molecule has 0 aliphatic heterocycles. The zero-order valence-electron chi connectivity index (χ0n) is 13.6. The SMILES string of the molecule is CN(C(=O)CCC(=O)c1ccc2ccccc2c1)c1ccccc1. The molecule has 0 N–H and O–H groups in total. The number of benzene rings is 3. The molecule has 0 radical (unpaired) electrons. The Morgan fingerprint density at radius 1 is 0.792 bits per heavy atom. The van der Waals surface area contributed by atoms with E-state index in [4.69, 9.17) is 0 Å². The van der Waals surface area contributed by atoms with Gasteiger partial charge >= 0.3 is 0 Å². The van der Waals surface area contributed by atoms with E-state index in [0.717, 1.165) is 16.5 Å². The number of amides is 1. The third-order valence-corrected chi connectivity index (χ3v) is 4.15. The van der Waals surface area contributed by atoms with Gasteiger partial charge in [-0.3, -0.25) is 9.59 Å². The van der Waals surface area contributed by atoms with Crippen LogP contribution in [-0.2, 0) is 4.79 Å². The van der Waals surface area contributed by atoms with E-state index in [1.165, 1.54) is 0 Å². The van der Waals surface area contributed by atoms with Crippen molar-refractivity contribution in [3.63, 3.8) is 0 Å². The number of rotatable bonds is 5. The molecule has 3 nitrogen and oxygen atoms in total. The van der Waals surface area contributed by atoms with Crippen LogP contribution in [0.25, 0.3) is 10.8 Å². The molecule has 0 atom stereocenters. The molecule has 24 heavy (non-hydrogen) atoms. The highest BCUT2D eigenvalue weighted by Gasteiger charge is 2.14. The van der Waals surface area contributed by atoms with Crippen molar-refractivity contribution >= 4 is 28.2 Å². The minimum atomic E-state index is -0.0599. The molecule has 0 fully saturated rings. The zero-order valence-corrected chi connectivity index (χ0v) is 13.6. The molecule has 0 saturated carbocycles. The molecule has 0 heterocycles. The van der Waals surface area contributed by atoms with Crippen LogP contribution in [0.3, 0.4) is 0 Å². The summed E-state index contributed by atoms with van der Waals surface area (Å²) < 4.78 is 0. The van der Waals surface area contributed by atoms with Gasteiger partial charge in [-0.2, -0.15) is 0 Å². The second-order valence-corrected chi connectivity index (χ2v) is 5.77. The number of Topliss-reactive ketones (excluding diaryl/α,β-unsaturated/α-hetero) is 1. The average Bonchev–Trinajstić information content (AvgIpc) is 2.65. The first kappa shape index (κ1) is 15.9. The third kappa shape index (κ3) is 3.51. The first-order valence-corrected chi connectivity index (χ1v) is 7.99. The molecule has 3 rings (SSSR count). The van der Waals surface area contributed by atoms with Crippen LogP contribution in [0.15, 0.2) is 72.8 Å². The van der Waals surface area contributed by atoms with Gasteiger partial charge < -0.3 is 4.90 Å². The highest BCUT2D eigenvalue weighted by molar-refractivity contribution is 6.02. The lowest BCUT2D eigenvalue weighted by Crippen LogP contribution is -2.26. The van der Waals surface area contributed by atoms with E-state index in [1.807, 2.05) is 72.8 Å². The smallest absolute Gasteiger partial charge is 0.227 e. The van der Waals surface area contributed by atoms with Gasteiger partial charge in [-0.1, -0.05) is 54.6 Å². The van der Waals surface area contributed by atoms with Crippen molar-refractivity contribution in [3.05, 3.63) is 78.4 Å². The van der Waals surface area contributed by atoms with Crippen LogP contribution < -0.4 is 4.90 Å². The lowest BCUT2D eigenvalue weighted by Gasteiger charge is -2.17. The maximum absolute atomic E-state index is 12.4. The molecule has 0 saturated heterocycles. The van der Waals surface area contributed by atoms with Crippen molar-refractivity contribution in [2.24, 2.45) is 0 Å². The topological polar surface area (TPSA) is 37.4 Å². The van der Waals surface area contributed by atoms with Crippen LogP contribution in [-0.4, -0.2) is 18.7 Å². The van der Waals surface area contributed by atoms with Crippen LogP contribution in [0.1, 0.15) is 23.2 Å². The summed E-state index contributed by atoms with van der Waals surface area (Å²) in [5, 5.41) is 2.14. The van der Waals surface area contributed by atoms with Gasteiger partial charge in [0, 0.05) is 31.1 Å². The van der Waals surface area contributed by atoms with E-state index >= 15 is 0 Å². The number of hydrogen-bond acceptors (Lipinski definition) is 2. The van der Waals surface area contributed by atoms with Crippen molar-refractivity contribution < 1.29 is 9.59 Å². The lowest BCUT2D eigenvalue weighted by molar-refractivity contribution is -0.118. The summed E-state index contributed by atoms with van der Waals surface area (Å²) in [5.74, 6) is -0.0640. The number of hydrogen-bond donors (Lipinski definition) is 0. The van der Waals surface area contributed by atoms with Gasteiger partial charge in [-0.05, 0) is 29.0 Å². The Hall–Kier alpha value is -2.94.